The lowest BCUT2D eigenvalue weighted by molar-refractivity contribution is -0.133. The Morgan fingerprint density at radius 2 is 2.12 bits per heavy atom. The van der Waals surface area contributed by atoms with Gasteiger partial charge >= 0.3 is 0 Å². The summed E-state index contributed by atoms with van der Waals surface area (Å²) < 4.78 is 4.73. The summed E-state index contributed by atoms with van der Waals surface area (Å²) >= 11 is 1.89. The number of carbonyl (C=O) groups is 1. The molecule has 2 fully saturated rings. The minimum atomic E-state index is 0.179. The van der Waals surface area contributed by atoms with Crippen molar-refractivity contribution >= 4 is 17.2 Å². The van der Waals surface area contributed by atoms with Crippen molar-refractivity contribution in [3.8, 4) is 0 Å². The van der Waals surface area contributed by atoms with Crippen LogP contribution in [0.5, 0.6) is 0 Å². The van der Waals surface area contributed by atoms with E-state index in [2.05, 4.69) is 34.3 Å². The second kappa shape index (κ2) is 6.78. The van der Waals surface area contributed by atoms with E-state index in [1.54, 1.807) is 4.90 Å². The quantitative estimate of drug-likeness (QED) is 0.805. The Bertz CT molecular complexity index is 791. The van der Waals surface area contributed by atoms with Gasteiger partial charge in [0.15, 0.2) is 0 Å². The van der Waals surface area contributed by atoms with E-state index in [0.29, 0.717) is 6.54 Å². The van der Waals surface area contributed by atoms with Gasteiger partial charge in [-0.1, -0.05) is 10.3 Å². The first-order valence-corrected chi connectivity index (χ1v) is 10.1. The van der Waals surface area contributed by atoms with E-state index >= 15 is 0 Å². The van der Waals surface area contributed by atoms with Crippen molar-refractivity contribution in [2.24, 2.45) is 11.3 Å². The van der Waals surface area contributed by atoms with E-state index in [9.17, 15) is 4.79 Å². The van der Waals surface area contributed by atoms with Crippen molar-refractivity contribution in [2.45, 2.75) is 46.2 Å². The molecule has 3 heterocycles. The number of aryl methyl sites for hydroxylation is 2. The first-order valence-electron chi connectivity index (χ1n) is 9.27. The molecule has 0 aromatic carbocycles. The Morgan fingerprint density at radius 1 is 1.35 bits per heavy atom. The molecule has 0 radical (unpaired) electrons. The standard InChI is InChI=1S/C19H26N4O2S/c1-13-4-5-15(26-13)11-23-8-6-19(7-9-23)10-16(19)18(24)22(3)12-17-14(2)20-25-21-17/h4-5,16H,6-12H2,1-3H3. The Labute approximate surface area is 158 Å². The Hall–Kier alpha value is -1.73. The van der Waals surface area contributed by atoms with Crippen LogP contribution in [0.1, 0.15) is 40.4 Å². The molecular weight excluding hydrogens is 348 g/mol. The molecule has 6 nitrogen and oxygen atoms in total. The molecular formula is C19H26N4O2S. The highest BCUT2D eigenvalue weighted by Crippen LogP contribution is 2.60. The van der Waals surface area contributed by atoms with Crippen LogP contribution in [0, 0.1) is 25.2 Å². The van der Waals surface area contributed by atoms with Crippen molar-refractivity contribution in [2.75, 3.05) is 20.1 Å². The van der Waals surface area contributed by atoms with Gasteiger partial charge in [-0.3, -0.25) is 9.69 Å². The third kappa shape index (κ3) is 3.42. The van der Waals surface area contributed by atoms with Crippen molar-refractivity contribution < 1.29 is 9.42 Å². The third-order valence-electron chi connectivity index (χ3n) is 6.02. The topological polar surface area (TPSA) is 62.5 Å². The molecule has 2 aromatic heterocycles. The number of piperidine rings is 1. The van der Waals surface area contributed by atoms with Crippen LogP contribution in [-0.2, 0) is 17.9 Å². The molecule has 0 bridgehead atoms. The molecule has 2 aliphatic rings. The number of hydrogen-bond acceptors (Lipinski definition) is 6. The summed E-state index contributed by atoms with van der Waals surface area (Å²) in [5.74, 6) is 0.425. The molecule has 1 saturated carbocycles. The lowest BCUT2D eigenvalue weighted by Gasteiger charge is -2.32. The van der Waals surface area contributed by atoms with E-state index < -0.39 is 0 Å². The highest BCUT2D eigenvalue weighted by molar-refractivity contribution is 7.11. The van der Waals surface area contributed by atoms with Gasteiger partial charge in [0.25, 0.3) is 0 Å². The van der Waals surface area contributed by atoms with Gasteiger partial charge in [-0.05, 0) is 63.7 Å². The average molecular weight is 375 g/mol. The van der Waals surface area contributed by atoms with E-state index in [-0.39, 0.29) is 17.2 Å². The molecule has 1 unspecified atom stereocenters. The van der Waals surface area contributed by atoms with Gasteiger partial charge in [-0.15, -0.1) is 11.3 Å². The molecule has 1 spiro atoms. The first-order chi connectivity index (χ1) is 12.5. The molecule has 1 atom stereocenters. The molecule has 1 saturated heterocycles. The van der Waals surface area contributed by atoms with Gasteiger partial charge in [0.2, 0.25) is 5.91 Å². The van der Waals surface area contributed by atoms with E-state index in [4.69, 9.17) is 4.63 Å². The van der Waals surface area contributed by atoms with Crippen LogP contribution in [-0.4, -0.2) is 46.2 Å². The first kappa shape index (κ1) is 17.7. The van der Waals surface area contributed by atoms with Gasteiger partial charge in [0.05, 0.1) is 6.54 Å². The molecule has 140 valence electrons. The van der Waals surface area contributed by atoms with Crippen LogP contribution in [0.15, 0.2) is 16.8 Å². The molecule has 2 aromatic rings. The second-order valence-electron chi connectivity index (χ2n) is 7.90. The lowest BCUT2D eigenvalue weighted by Crippen LogP contribution is -2.37. The number of likely N-dealkylation sites (tertiary alicyclic amines) is 1. The monoisotopic (exact) mass is 374 g/mol. The number of aromatic nitrogens is 2. The maximum atomic E-state index is 12.8. The predicted molar refractivity (Wildman–Crippen MR) is 99.6 cm³/mol. The molecule has 1 amide bonds. The number of amides is 1. The van der Waals surface area contributed by atoms with Crippen LogP contribution >= 0.6 is 11.3 Å². The number of carbonyl (C=O) groups excluding carboxylic acids is 1. The summed E-state index contributed by atoms with van der Waals surface area (Å²) in [4.78, 5) is 20.0. The summed E-state index contributed by atoms with van der Waals surface area (Å²) in [7, 11) is 1.86. The zero-order valence-corrected chi connectivity index (χ0v) is 16.5. The fourth-order valence-corrected chi connectivity index (χ4v) is 5.09. The van der Waals surface area contributed by atoms with E-state index in [1.165, 1.54) is 9.75 Å². The highest BCUT2D eigenvalue weighted by atomic mass is 32.1. The van der Waals surface area contributed by atoms with Gasteiger partial charge in [0.1, 0.15) is 11.4 Å². The number of rotatable bonds is 5. The Balaban J connectivity index is 1.29. The minimum absolute atomic E-state index is 0.179. The summed E-state index contributed by atoms with van der Waals surface area (Å²) in [6.45, 7) is 7.73. The Morgan fingerprint density at radius 3 is 2.73 bits per heavy atom. The van der Waals surface area contributed by atoms with Crippen molar-refractivity contribution in [3.63, 3.8) is 0 Å². The van der Waals surface area contributed by atoms with E-state index in [1.807, 2.05) is 25.3 Å². The predicted octanol–water partition coefficient (Wildman–Crippen LogP) is 3.01. The van der Waals surface area contributed by atoms with Gasteiger partial charge in [-0.25, -0.2) is 4.63 Å². The normalized spacial score (nSPS) is 21.9. The summed E-state index contributed by atoms with van der Waals surface area (Å²) in [6, 6.07) is 4.44. The SMILES string of the molecule is Cc1ccc(CN2CCC3(CC2)CC3C(=O)N(C)Cc2nonc2C)s1. The Kier molecular flexibility index (Phi) is 4.61. The van der Waals surface area contributed by atoms with Crippen LogP contribution < -0.4 is 0 Å². The molecule has 7 heteroatoms. The van der Waals surface area contributed by atoms with Crippen molar-refractivity contribution in [1.82, 2.24) is 20.1 Å². The smallest absolute Gasteiger partial charge is 0.226 e. The molecule has 1 aliphatic carbocycles. The number of nitrogens with zero attached hydrogens (tertiary/aromatic N) is 4. The van der Waals surface area contributed by atoms with Gasteiger partial charge < -0.3 is 4.90 Å². The van der Waals surface area contributed by atoms with Crippen molar-refractivity contribution in [3.05, 3.63) is 33.3 Å². The van der Waals surface area contributed by atoms with Crippen LogP contribution in [0.25, 0.3) is 0 Å². The summed E-state index contributed by atoms with van der Waals surface area (Å²) in [5.41, 5.74) is 1.74. The van der Waals surface area contributed by atoms with Crippen LogP contribution in [0.3, 0.4) is 0 Å². The number of thiophene rings is 1. The van der Waals surface area contributed by atoms with Gasteiger partial charge in [0, 0.05) is 29.3 Å². The molecule has 0 N–H and O–H groups in total. The van der Waals surface area contributed by atoms with Crippen LogP contribution in [0.2, 0.25) is 0 Å². The van der Waals surface area contributed by atoms with Gasteiger partial charge in [-0.2, -0.15) is 0 Å². The zero-order valence-electron chi connectivity index (χ0n) is 15.7. The van der Waals surface area contributed by atoms with Crippen LogP contribution in [0.4, 0.5) is 0 Å². The summed E-state index contributed by atoms with van der Waals surface area (Å²) in [5, 5.41) is 7.68. The second-order valence-corrected chi connectivity index (χ2v) is 9.27. The fraction of sp³-hybridized carbons (Fsp3) is 0.632. The minimum Gasteiger partial charge on any atom is -0.339 e. The lowest BCUT2D eigenvalue weighted by atomic mass is 9.90. The fourth-order valence-electron chi connectivity index (χ4n) is 4.16. The average Bonchev–Trinajstić information content (AvgIpc) is 2.90. The molecule has 4 rings (SSSR count). The largest absolute Gasteiger partial charge is 0.339 e. The summed E-state index contributed by atoms with van der Waals surface area (Å²) in [6.07, 6.45) is 3.30. The maximum Gasteiger partial charge on any atom is 0.226 e. The zero-order chi connectivity index (χ0) is 18.3. The van der Waals surface area contributed by atoms with Crippen molar-refractivity contribution in [1.29, 1.82) is 0 Å². The third-order valence-corrected chi connectivity index (χ3v) is 7.01. The van der Waals surface area contributed by atoms with E-state index in [0.717, 1.165) is 50.3 Å². The molecule has 1 aliphatic heterocycles. The maximum absolute atomic E-state index is 12.8. The highest BCUT2D eigenvalue weighted by Gasteiger charge is 2.59. The molecule has 26 heavy (non-hydrogen) atoms. The number of hydrogen-bond donors (Lipinski definition) is 0.